The van der Waals surface area contributed by atoms with Gasteiger partial charge in [0, 0.05) is 29.4 Å². The van der Waals surface area contributed by atoms with Gasteiger partial charge in [-0.1, -0.05) is 35.0 Å². The van der Waals surface area contributed by atoms with Gasteiger partial charge in [0.1, 0.15) is 0 Å². The van der Waals surface area contributed by atoms with Gasteiger partial charge in [-0.3, -0.25) is 0 Å². The minimum absolute atomic E-state index is 0.583. The van der Waals surface area contributed by atoms with Crippen LogP contribution in [-0.2, 0) is 24.3 Å². The lowest BCUT2D eigenvalue weighted by Gasteiger charge is -2.02. The third-order valence-corrected chi connectivity index (χ3v) is 4.71. The fourth-order valence-electron chi connectivity index (χ4n) is 2.06. The Kier molecular flexibility index (Phi) is 6.83. The Morgan fingerprint density at radius 3 is 2.71 bits per heavy atom. The van der Waals surface area contributed by atoms with E-state index in [-0.39, 0.29) is 0 Å². The van der Waals surface area contributed by atoms with Crippen LogP contribution in [0.15, 0.2) is 28.7 Å². The standard InChI is InChI=1S/C16H21BrN2OS/c1-3-8-18-10-15-14(11-20-2)19-16(21-15)9-12-4-6-13(17)7-5-12/h4-7,18H,3,8-11H2,1-2H3. The molecule has 0 amide bonds. The molecule has 1 aromatic carbocycles. The van der Waals surface area contributed by atoms with Crippen molar-refractivity contribution in [3.05, 3.63) is 49.9 Å². The number of ether oxygens (including phenoxy) is 1. The zero-order valence-electron chi connectivity index (χ0n) is 12.5. The molecule has 0 atom stereocenters. The highest BCUT2D eigenvalue weighted by Gasteiger charge is 2.11. The predicted molar refractivity (Wildman–Crippen MR) is 91.8 cm³/mol. The van der Waals surface area contributed by atoms with E-state index in [0.29, 0.717) is 6.61 Å². The number of halogens is 1. The quantitative estimate of drug-likeness (QED) is 0.710. The molecule has 0 aliphatic heterocycles. The number of rotatable bonds is 8. The van der Waals surface area contributed by atoms with Gasteiger partial charge in [0.2, 0.25) is 0 Å². The minimum Gasteiger partial charge on any atom is -0.378 e. The van der Waals surface area contributed by atoms with Crippen LogP contribution in [0.25, 0.3) is 0 Å². The molecule has 0 bridgehead atoms. The monoisotopic (exact) mass is 368 g/mol. The third-order valence-electron chi connectivity index (χ3n) is 3.08. The van der Waals surface area contributed by atoms with Crippen LogP contribution in [0.5, 0.6) is 0 Å². The van der Waals surface area contributed by atoms with Crippen molar-refractivity contribution < 1.29 is 4.74 Å². The molecular formula is C16H21BrN2OS. The van der Waals surface area contributed by atoms with E-state index >= 15 is 0 Å². The van der Waals surface area contributed by atoms with Gasteiger partial charge in [0.05, 0.1) is 17.3 Å². The van der Waals surface area contributed by atoms with E-state index in [1.807, 2.05) is 0 Å². The maximum absolute atomic E-state index is 5.26. The van der Waals surface area contributed by atoms with Crippen molar-refractivity contribution in [3.8, 4) is 0 Å². The molecule has 0 fully saturated rings. The van der Waals surface area contributed by atoms with Crippen molar-refractivity contribution in [1.82, 2.24) is 10.3 Å². The lowest BCUT2D eigenvalue weighted by atomic mass is 10.2. The first-order valence-corrected chi connectivity index (χ1v) is 8.75. The van der Waals surface area contributed by atoms with Gasteiger partial charge in [-0.2, -0.15) is 0 Å². The van der Waals surface area contributed by atoms with E-state index < -0.39 is 0 Å². The molecule has 0 saturated carbocycles. The molecule has 0 aliphatic carbocycles. The Labute approximate surface area is 138 Å². The van der Waals surface area contributed by atoms with Crippen LogP contribution in [0, 0.1) is 0 Å². The topological polar surface area (TPSA) is 34.2 Å². The SMILES string of the molecule is CCCNCc1sc(Cc2ccc(Br)cc2)nc1COC. The first-order valence-electron chi connectivity index (χ1n) is 7.14. The van der Waals surface area contributed by atoms with Crippen molar-refractivity contribution in [2.45, 2.75) is 32.9 Å². The number of hydrogen-bond acceptors (Lipinski definition) is 4. The van der Waals surface area contributed by atoms with Gasteiger partial charge in [-0.05, 0) is 30.7 Å². The summed E-state index contributed by atoms with van der Waals surface area (Å²) in [5.74, 6) is 0. The molecule has 114 valence electrons. The highest BCUT2D eigenvalue weighted by Crippen LogP contribution is 2.22. The Morgan fingerprint density at radius 1 is 1.29 bits per heavy atom. The molecule has 0 spiro atoms. The number of methoxy groups -OCH3 is 1. The first kappa shape index (κ1) is 16.6. The Morgan fingerprint density at radius 2 is 2.05 bits per heavy atom. The molecule has 0 unspecified atom stereocenters. The van der Waals surface area contributed by atoms with Gasteiger partial charge in [-0.25, -0.2) is 4.98 Å². The van der Waals surface area contributed by atoms with E-state index in [0.717, 1.165) is 41.1 Å². The van der Waals surface area contributed by atoms with Crippen molar-refractivity contribution >= 4 is 27.3 Å². The molecular weight excluding hydrogens is 348 g/mol. The van der Waals surface area contributed by atoms with Gasteiger partial charge in [-0.15, -0.1) is 11.3 Å². The lowest BCUT2D eigenvalue weighted by Crippen LogP contribution is -2.14. The largest absolute Gasteiger partial charge is 0.378 e. The van der Waals surface area contributed by atoms with Gasteiger partial charge in [0.15, 0.2) is 0 Å². The maximum Gasteiger partial charge on any atom is 0.0976 e. The molecule has 1 aromatic heterocycles. The second kappa shape index (κ2) is 8.63. The summed E-state index contributed by atoms with van der Waals surface area (Å²) in [6, 6.07) is 8.42. The second-order valence-electron chi connectivity index (χ2n) is 4.89. The summed E-state index contributed by atoms with van der Waals surface area (Å²) in [4.78, 5) is 6.03. The summed E-state index contributed by atoms with van der Waals surface area (Å²) in [5.41, 5.74) is 2.35. The minimum atomic E-state index is 0.583. The molecule has 1 N–H and O–H groups in total. The third kappa shape index (κ3) is 5.18. The Bertz CT molecular complexity index is 554. The van der Waals surface area contributed by atoms with Crippen LogP contribution < -0.4 is 5.32 Å². The fraction of sp³-hybridized carbons (Fsp3) is 0.438. The van der Waals surface area contributed by atoms with Crippen molar-refractivity contribution in [2.75, 3.05) is 13.7 Å². The summed E-state index contributed by atoms with van der Waals surface area (Å²) in [6.07, 6.45) is 2.02. The van der Waals surface area contributed by atoms with Crippen molar-refractivity contribution in [3.63, 3.8) is 0 Å². The average molecular weight is 369 g/mol. The number of nitrogens with zero attached hydrogens (tertiary/aromatic N) is 1. The number of thiazole rings is 1. The zero-order valence-corrected chi connectivity index (χ0v) is 14.9. The van der Waals surface area contributed by atoms with Gasteiger partial charge in [0.25, 0.3) is 0 Å². The lowest BCUT2D eigenvalue weighted by molar-refractivity contribution is 0.181. The molecule has 3 nitrogen and oxygen atoms in total. The van der Waals surface area contributed by atoms with Crippen LogP contribution in [0.1, 0.15) is 34.5 Å². The van der Waals surface area contributed by atoms with Crippen molar-refractivity contribution in [2.24, 2.45) is 0 Å². The molecule has 0 radical (unpaired) electrons. The zero-order chi connectivity index (χ0) is 15.1. The molecule has 2 rings (SSSR count). The number of benzene rings is 1. The molecule has 21 heavy (non-hydrogen) atoms. The number of aromatic nitrogens is 1. The summed E-state index contributed by atoms with van der Waals surface area (Å²) < 4.78 is 6.37. The van der Waals surface area contributed by atoms with Crippen LogP contribution in [0.3, 0.4) is 0 Å². The average Bonchev–Trinajstić information content (AvgIpc) is 2.84. The predicted octanol–water partition coefficient (Wildman–Crippen LogP) is 4.14. The van der Waals surface area contributed by atoms with Crippen molar-refractivity contribution in [1.29, 1.82) is 0 Å². The van der Waals surface area contributed by atoms with E-state index in [9.17, 15) is 0 Å². The van der Waals surface area contributed by atoms with Gasteiger partial charge >= 0.3 is 0 Å². The van der Waals surface area contributed by atoms with Crippen LogP contribution >= 0.6 is 27.3 Å². The molecule has 0 saturated heterocycles. The molecule has 0 aliphatic rings. The highest BCUT2D eigenvalue weighted by atomic mass is 79.9. The summed E-state index contributed by atoms with van der Waals surface area (Å²) >= 11 is 5.25. The van der Waals surface area contributed by atoms with E-state index in [4.69, 9.17) is 9.72 Å². The Balaban J connectivity index is 2.08. The van der Waals surface area contributed by atoms with E-state index in [2.05, 4.69) is 52.4 Å². The van der Waals surface area contributed by atoms with E-state index in [1.54, 1.807) is 18.4 Å². The summed E-state index contributed by atoms with van der Waals surface area (Å²) in [6.45, 7) is 4.67. The van der Waals surface area contributed by atoms with Crippen LogP contribution in [-0.4, -0.2) is 18.6 Å². The highest BCUT2D eigenvalue weighted by molar-refractivity contribution is 9.10. The summed E-state index contributed by atoms with van der Waals surface area (Å²) in [5, 5.41) is 4.59. The van der Waals surface area contributed by atoms with Gasteiger partial charge < -0.3 is 10.1 Å². The molecule has 2 aromatic rings. The number of nitrogens with one attached hydrogen (secondary N) is 1. The maximum atomic E-state index is 5.26. The normalized spacial score (nSPS) is 11.0. The molecule has 5 heteroatoms. The Hall–Kier alpha value is -0.750. The molecule has 1 heterocycles. The van der Waals surface area contributed by atoms with E-state index in [1.165, 1.54) is 10.4 Å². The fourth-order valence-corrected chi connectivity index (χ4v) is 3.40. The first-order chi connectivity index (χ1) is 10.2. The summed E-state index contributed by atoms with van der Waals surface area (Å²) in [7, 11) is 1.72. The van der Waals surface area contributed by atoms with Crippen LogP contribution in [0.2, 0.25) is 0 Å². The smallest absolute Gasteiger partial charge is 0.0976 e. The number of hydrogen-bond donors (Lipinski definition) is 1. The van der Waals surface area contributed by atoms with Crippen LogP contribution in [0.4, 0.5) is 0 Å². The second-order valence-corrected chi connectivity index (χ2v) is 6.97.